The molecule has 2 aromatic carbocycles. The Kier molecular flexibility index (Phi) is 6.37. The highest BCUT2D eigenvalue weighted by Gasteiger charge is 2.54. The van der Waals surface area contributed by atoms with Crippen LogP contribution in [-0.2, 0) is 4.79 Å². The number of anilines is 1. The minimum absolute atomic E-state index is 0.0157. The van der Waals surface area contributed by atoms with Crippen molar-refractivity contribution >= 4 is 29.4 Å². The second-order valence-corrected chi connectivity index (χ2v) is 11.1. The van der Waals surface area contributed by atoms with Crippen molar-refractivity contribution in [1.29, 1.82) is 0 Å². The van der Waals surface area contributed by atoms with Gasteiger partial charge in [0.1, 0.15) is 11.5 Å². The minimum Gasteiger partial charge on any atom is -0.457 e. The Balaban J connectivity index is 1.25. The first-order valence-electron chi connectivity index (χ1n) is 12.7. The van der Waals surface area contributed by atoms with E-state index >= 15 is 0 Å². The fraction of sp³-hybridized carbons (Fsp3) is 0.407. The van der Waals surface area contributed by atoms with Gasteiger partial charge in [0.15, 0.2) is 0 Å². The number of urea groups is 1. The summed E-state index contributed by atoms with van der Waals surface area (Å²) < 4.78 is 5.93. The molecular formula is C27H31N5O3S. The van der Waals surface area contributed by atoms with Crippen LogP contribution in [0.5, 0.6) is 11.5 Å². The maximum atomic E-state index is 13.5. The van der Waals surface area contributed by atoms with Crippen LogP contribution in [0.1, 0.15) is 19.8 Å². The fourth-order valence-corrected chi connectivity index (χ4v) is 7.08. The first-order valence-corrected chi connectivity index (χ1v) is 13.6. The van der Waals surface area contributed by atoms with Crippen LogP contribution in [-0.4, -0.2) is 49.0 Å². The quantitative estimate of drug-likeness (QED) is 0.498. The fourth-order valence-electron chi connectivity index (χ4n) is 5.72. The molecule has 0 radical (unpaired) electrons. The van der Waals surface area contributed by atoms with E-state index in [0.717, 1.165) is 49.6 Å². The van der Waals surface area contributed by atoms with E-state index in [1.54, 1.807) is 11.8 Å². The molecule has 3 saturated heterocycles. The molecule has 0 spiro atoms. The van der Waals surface area contributed by atoms with Crippen molar-refractivity contribution in [2.45, 2.75) is 37.2 Å². The van der Waals surface area contributed by atoms with Gasteiger partial charge in [-0.05, 0) is 61.7 Å². The predicted molar refractivity (Wildman–Crippen MR) is 141 cm³/mol. The van der Waals surface area contributed by atoms with Crippen LogP contribution in [0.2, 0.25) is 0 Å². The number of para-hydroxylation sites is 1. The Morgan fingerprint density at radius 2 is 1.86 bits per heavy atom. The third-order valence-electron chi connectivity index (χ3n) is 7.43. The molecule has 4 N–H and O–H groups in total. The Labute approximate surface area is 215 Å². The lowest BCUT2D eigenvalue weighted by atomic mass is 9.80. The van der Waals surface area contributed by atoms with E-state index < -0.39 is 0 Å². The third kappa shape index (κ3) is 4.36. The molecule has 6 rings (SSSR count). The normalized spacial score (nSPS) is 29.4. The van der Waals surface area contributed by atoms with Crippen LogP contribution >= 0.6 is 11.8 Å². The Morgan fingerprint density at radius 1 is 1.08 bits per heavy atom. The van der Waals surface area contributed by atoms with E-state index in [0.29, 0.717) is 10.7 Å². The van der Waals surface area contributed by atoms with Crippen molar-refractivity contribution in [3.63, 3.8) is 0 Å². The molecule has 8 nitrogen and oxygen atoms in total. The molecule has 3 amide bonds. The molecule has 4 aliphatic heterocycles. The Hall–Kier alpha value is -3.01. The summed E-state index contributed by atoms with van der Waals surface area (Å²) in [6.07, 6.45) is 2.03. The number of hydrogen-bond acceptors (Lipinski definition) is 6. The molecule has 9 heteroatoms. The topological polar surface area (TPSA) is 94.7 Å². The molecule has 0 saturated carbocycles. The Morgan fingerprint density at radius 3 is 2.61 bits per heavy atom. The average Bonchev–Trinajstić information content (AvgIpc) is 3.27. The van der Waals surface area contributed by atoms with Crippen molar-refractivity contribution in [1.82, 2.24) is 21.3 Å². The van der Waals surface area contributed by atoms with Crippen LogP contribution in [0, 0.1) is 11.8 Å². The summed E-state index contributed by atoms with van der Waals surface area (Å²) in [4.78, 5) is 29.3. The standard InChI is InChI=1S/C27H31N5O3S/c1-16-14-29-26-21-22(24(36-26)25(33)30-17-6-5-13-28-15-17)31-27(34)32(23(16)21)18-9-11-20(12-10-18)35-19-7-3-2-4-8-19/h2-4,7-12,16-17,21,23,26,28-29H,5-6,13-15H2,1H3,(H,30,33)(H,31,34)/t16?,17-,21?,23?,26?/m1/s1. The zero-order chi connectivity index (χ0) is 24.6. The van der Waals surface area contributed by atoms with Gasteiger partial charge in [0, 0.05) is 36.4 Å². The molecule has 2 aromatic rings. The van der Waals surface area contributed by atoms with Gasteiger partial charge in [0.05, 0.1) is 16.3 Å². The summed E-state index contributed by atoms with van der Waals surface area (Å²) in [6, 6.07) is 17.2. The number of carbonyl (C=O) groups is 2. The summed E-state index contributed by atoms with van der Waals surface area (Å²) in [6.45, 7) is 4.73. The summed E-state index contributed by atoms with van der Waals surface area (Å²) in [5.74, 6) is 1.64. The summed E-state index contributed by atoms with van der Waals surface area (Å²) >= 11 is 1.55. The summed E-state index contributed by atoms with van der Waals surface area (Å²) in [7, 11) is 0. The number of piperidine rings is 2. The Bertz CT molecular complexity index is 1170. The number of hydrogen-bond donors (Lipinski definition) is 4. The monoisotopic (exact) mass is 505 g/mol. The molecule has 4 aliphatic rings. The summed E-state index contributed by atoms with van der Waals surface area (Å²) in [5, 5.41) is 13.3. The number of nitrogens with one attached hydrogen (secondary N) is 4. The SMILES string of the molecule is CC1CNC2SC(C(=O)N[C@@H]3CCCNC3)=C3NC(=O)N(c4ccc(Oc5ccccc5)cc4)C1C32. The van der Waals surface area contributed by atoms with Crippen molar-refractivity contribution in [3.05, 3.63) is 65.2 Å². The highest BCUT2D eigenvalue weighted by Crippen LogP contribution is 2.49. The van der Waals surface area contributed by atoms with E-state index in [9.17, 15) is 9.59 Å². The van der Waals surface area contributed by atoms with E-state index in [-0.39, 0.29) is 41.2 Å². The first kappa shape index (κ1) is 23.4. The largest absolute Gasteiger partial charge is 0.457 e. The highest BCUT2D eigenvalue weighted by molar-refractivity contribution is 8.04. The molecule has 0 aromatic heterocycles. The first-order chi connectivity index (χ1) is 17.6. The zero-order valence-corrected chi connectivity index (χ0v) is 21.0. The molecule has 0 bridgehead atoms. The van der Waals surface area contributed by atoms with Gasteiger partial charge in [-0.2, -0.15) is 0 Å². The van der Waals surface area contributed by atoms with Crippen LogP contribution in [0.15, 0.2) is 65.2 Å². The number of benzene rings is 2. The van der Waals surface area contributed by atoms with Gasteiger partial charge in [0.2, 0.25) is 0 Å². The van der Waals surface area contributed by atoms with E-state index in [1.165, 1.54) is 0 Å². The number of thioether (sulfide) groups is 1. The second-order valence-electron chi connectivity index (χ2n) is 9.91. The maximum absolute atomic E-state index is 13.5. The van der Waals surface area contributed by atoms with E-state index in [4.69, 9.17) is 4.74 Å². The second kappa shape index (κ2) is 9.80. The van der Waals surface area contributed by atoms with Gasteiger partial charge in [-0.25, -0.2) is 4.79 Å². The predicted octanol–water partition coefficient (Wildman–Crippen LogP) is 3.39. The summed E-state index contributed by atoms with van der Waals surface area (Å²) in [5.41, 5.74) is 1.58. The van der Waals surface area contributed by atoms with E-state index in [1.807, 2.05) is 59.5 Å². The van der Waals surface area contributed by atoms with Gasteiger partial charge in [-0.3, -0.25) is 9.69 Å². The number of rotatable bonds is 5. The van der Waals surface area contributed by atoms with Gasteiger partial charge < -0.3 is 26.0 Å². The van der Waals surface area contributed by atoms with Crippen molar-refractivity contribution in [3.8, 4) is 11.5 Å². The molecule has 4 unspecified atom stereocenters. The van der Waals surface area contributed by atoms with Gasteiger partial charge in [-0.15, -0.1) is 0 Å². The number of nitrogens with zero attached hydrogens (tertiary/aromatic N) is 1. The van der Waals surface area contributed by atoms with Gasteiger partial charge in [-0.1, -0.05) is 36.9 Å². The van der Waals surface area contributed by atoms with Crippen molar-refractivity contribution in [2.24, 2.45) is 11.8 Å². The molecular weight excluding hydrogens is 474 g/mol. The maximum Gasteiger partial charge on any atom is 0.326 e. The third-order valence-corrected chi connectivity index (χ3v) is 8.79. The lowest BCUT2D eigenvalue weighted by Crippen LogP contribution is -2.65. The lowest BCUT2D eigenvalue weighted by molar-refractivity contribution is -0.117. The molecule has 188 valence electrons. The minimum atomic E-state index is -0.192. The van der Waals surface area contributed by atoms with Crippen LogP contribution in [0.25, 0.3) is 0 Å². The zero-order valence-electron chi connectivity index (χ0n) is 20.2. The van der Waals surface area contributed by atoms with Crippen LogP contribution < -0.4 is 30.9 Å². The van der Waals surface area contributed by atoms with Gasteiger partial charge in [0.25, 0.3) is 5.91 Å². The number of carbonyl (C=O) groups excluding carboxylic acids is 2. The number of ether oxygens (including phenoxy) is 1. The smallest absolute Gasteiger partial charge is 0.326 e. The van der Waals surface area contributed by atoms with Crippen LogP contribution in [0.3, 0.4) is 0 Å². The number of amides is 3. The molecule has 0 aliphatic carbocycles. The molecule has 36 heavy (non-hydrogen) atoms. The molecule has 5 atom stereocenters. The lowest BCUT2D eigenvalue weighted by Gasteiger charge is -2.48. The average molecular weight is 506 g/mol. The highest BCUT2D eigenvalue weighted by atomic mass is 32.2. The van der Waals surface area contributed by atoms with Gasteiger partial charge >= 0.3 is 6.03 Å². The van der Waals surface area contributed by atoms with Crippen LogP contribution in [0.4, 0.5) is 10.5 Å². The van der Waals surface area contributed by atoms with E-state index in [2.05, 4.69) is 28.2 Å². The molecule has 3 fully saturated rings. The molecule has 4 heterocycles. The van der Waals surface area contributed by atoms with Crippen molar-refractivity contribution in [2.75, 3.05) is 24.5 Å². The van der Waals surface area contributed by atoms with Crippen molar-refractivity contribution < 1.29 is 14.3 Å².